The second-order valence-electron chi connectivity index (χ2n) is 5.70. The van der Waals surface area contributed by atoms with E-state index in [9.17, 15) is 4.79 Å². The number of hydrogen-bond donors (Lipinski definition) is 0. The van der Waals surface area contributed by atoms with Crippen LogP contribution in [0.4, 0.5) is 5.82 Å². The third-order valence-electron chi connectivity index (χ3n) is 4.40. The summed E-state index contributed by atoms with van der Waals surface area (Å²) >= 11 is 1.47. The zero-order chi connectivity index (χ0) is 14.2. The molecule has 0 aromatic carbocycles. The summed E-state index contributed by atoms with van der Waals surface area (Å²) in [4.78, 5) is 25.2. The monoisotopic (exact) mass is 300 g/mol. The van der Waals surface area contributed by atoms with E-state index in [1.807, 2.05) is 28.6 Å². The molecule has 1 amide bonds. The van der Waals surface area contributed by atoms with Gasteiger partial charge in [-0.05, 0) is 12.1 Å². The number of amides is 1. The molecule has 2 aromatic heterocycles. The molecule has 0 radical (unpaired) electrons. The summed E-state index contributed by atoms with van der Waals surface area (Å²) in [6.45, 7) is 3.65. The summed E-state index contributed by atoms with van der Waals surface area (Å²) in [5.74, 6) is 2.23. The van der Waals surface area contributed by atoms with Crippen molar-refractivity contribution < 1.29 is 4.79 Å². The highest BCUT2D eigenvalue weighted by Gasteiger charge is 2.42. The summed E-state index contributed by atoms with van der Waals surface area (Å²) in [6.07, 6.45) is 1.83. The number of aromatic nitrogens is 2. The van der Waals surface area contributed by atoms with Gasteiger partial charge in [-0.25, -0.2) is 9.97 Å². The molecule has 0 saturated carbocycles. The van der Waals surface area contributed by atoms with Crippen LogP contribution < -0.4 is 4.90 Å². The van der Waals surface area contributed by atoms with E-state index in [0.29, 0.717) is 17.5 Å². The first-order chi connectivity index (χ1) is 10.3. The molecule has 6 heteroatoms. The van der Waals surface area contributed by atoms with Crippen LogP contribution in [0.15, 0.2) is 35.3 Å². The Balaban J connectivity index is 1.43. The van der Waals surface area contributed by atoms with Crippen LogP contribution >= 0.6 is 11.3 Å². The van der Waals surface area contributed by atoms with Crippen LogP contribution in [-0.2, 0) is 0 Å². The number of fused-ring (bicyclic) bond motifs is 1. The van der Waals surface area contributed by atoms with Gasteiger partial charge in [-0.3, -0.25) is 4.79 Å². The van der Waals surface area contributed by atoms with Crippen molar-refractivity contribution >= 4 is 23.1 Å². The van der Waals surface area contributed by atoms with E-state index in [0.717, 1.165) is 32.0 Å². The average molecular weight is 300 g/mol. The molecule has 2 saturated heterocycles. The quantitative estimate of drug-likeness (QED) is 0.848. The van der Waals surface area contributed by atoms with Gasteiger partial charge in [0.05, 0.1) is 5.51 Å². The van der Waals surface area contributed by atoms with Gasteiger partial charge >= 0.3 is 0 Å². The molecule has 21 heavy (non-hydrogen) atoms. The lowest BCUT2D eigenvalue weighted by atomic mass is 10.0. The van der Waals surface area contributed by atoms with Gasteiger partial charge in [0.2, 0.25) is 0 Å². The van der Waals surface area contributed by atoms with Crippen LogP contribution in [0.3, 0.4) is 0 Å². The Kier molecular flexibility index (Phi) is 3.11. The maximum Gasteiger partial charge on any atom is 0.273 e. The van der Waals surface area contributed by atoms with Crippen LogP contribution in [0, 0.1) is 11.8 Å². The Labute approximate surface area is 127 Å². The van der Waals surface area contributed by atoms with Gasteiger partial charge in [0.25, 0.3) is 5.91 Å². The highest BCUT2D eigenvalue weighted by Crippen LogP contribution is 2.33. The van der Waals surface area contributed by atoms with Gasteiger partial charge in [0.1, 0.15) is 11.5 Å². The second kappa shape index (κ2) is 5.11. The first kappa shape index (κ1) is 12.8. The molecule has 5 nitrogen and oxygen atoms in total. The zero-order valence-corrected chi connectivity index (χ0v) is 12.4. The lowest BCUT2D eigenvalue weighted by molar-refractivity contribution is 0.0777. The second-order valence-corrected chi connectivity index (χ2v) is 6.42. The molecular formula is C15H16N4OS. The number of likely N-dealkylation sites (tertiary alicyclic amines) is 1. The fourth-order valence-corrected chi connectivity index (χ4v) is 3.89. The number of hydrogen-bond acceptors (Lipinski definition) is 5. The van der Waals surface area contributed by atoms with Gasteiger partial charge < -0.3 is 9.80 Å². The fourth-order valence-electron chi connectivity index (χ4n) is 3.37. The van der Waals surface area contributed by atoms with Crippen LogP contribution in [0.25, 0.3) is 0 Å². The molecule has 108 valence electrons. The summed E-state index contributed by atoms with van der Waals surface area (Å²) in [6, 6.07) is 6.02. The number of anilines is 1. The molecule has 2 aliphatic heterocycles. The topological polar surface area (TPSA) is 49.3 Å². The van der Waals surface area contributed by atoms with Crippen molar-refractivity contribution in [1.29, 1.82) is 0 Å². The molecule has 0 spiro atoms. The smallest absolute Gasteiger partial charge is 0.273 e. The third-order valence-corrected chi connectivity index (χ3v) is 4.98. The molecule has 0 aliphatic carbocycles. The van der Waals surface area contributed by atoms with E-state index in [4.69, 9.17) is 0 Å². The molecule has 2 fully saturated rings. The molecular weight excluding hydrogens is 284 g/mol. The first-order valence-electron chi connectivity index (χ1n) is 7.14. The highest BCUT2D eigenvalue weighted by atomic mass is 32.1. The summed E-state index contributed by atoms with van der Waals surface area (Å²) < 4.78 is 0. The molecule has 2 aromatic rings. The molecule has 0 bridgehead atoms. The van der Waals surface area contributed by atoms with E-state index in [1.165, 1.54) is 11.3 Å². The Morgan fingerprint density at radius 3 is 2.57 bits per heavy atom. The van der Waals surface area contributed by atoms with Gasteiger partial charge in [-0.2, -0.15) is 0 Å². The van der Waals surface area contributed by atoms with E-state index in [2.05, 4.69) is 20.9 Å². The number of carbonyl (C=O) groups is 1. The average Bonchev–Trinajstić information content (AvgIpc) is 3.23. The van der Waals surface area contributed by atoms with Gasteiger partial charge in [-0.1, -0.05) is 6.07 Å². The Morgan fingerprint density at radius 2 is 1.95 bits per heavy atom. The Bertz CT molecular complexity index is 616. The number of nitrogens with zero attached hydrogens (tertiary/aromatic N) is 4. The van der Waals surface area contributed by atoms with Gasteiger partial charge in [-0.15, -0.1) is 11.3 Å². The molecule has 0 N–H and O–H groups in total. The normalized spacial score (nSPS) is 24.4. The molecule has 4 rings (SSSR count). The minimum atomic E-state index is 0.0787. The minimum Gasteiger partial charge on any atom is -0.356 e. The van der Waals surface area contributed by atoms with Crippen LogP contribution in [-0.4, -0.2) is 47.0 Å². The predicted molar refractivity (Wildman–Crippen MR) is 81.4 cm³/mol. The van der Waals surface area contributed by atoms with Crippen molar-refractivity contribution in [3.63, 3.8) is 0 Å². The zero-order valence-electron chi connectivity index (χ0n) is 11.6. The molecule has 2 aliphatic rings. The van der Waals surface area contributed by atoms with Crippen LogP contribution in [0.5, 0.6) is 0 Å². The van der Waals surface area contributed by atoms with Crippen molar-refractivity contribution in [2.75, 3.05) is 31.1 Å². The fraction of sp³-hybridized carbons (Fsp3) is 0.400. The van der Waals surface area contributed by atoms with E-state index >= 15 is 0 Å². The molecule has 2 atom stereocenters. The van der Waals surface area contributed by atoms with Crippen molar-refractivity contribution in [1.82, 2.24) is 14.9 Å². The standard InChI is InChI=1S/C15H16N4OS/c20-15(13-9-21-10-17-13)19-7-11-5-18(6-12(11)8-19)14-3-1-2-4-16-14/h1-4,9-12H,5-8H2/t11-,12+. The van der Waals surface area contributed by atoms with E-state index in [-0.39, 0.29) is 5.91 Å². The predicted octanol–water partition coefficient (Wildman–Crippen LogP) is 1.75. The van der Waals surface area contributed by atoms with Crippen LogP contribution in [0.1, 0.15) is 10.5 Å². The van der Waals surface area contributed by atoms with Crippen molar-refractivity contribution in [2.45, 2.75) is 0 Å². The summed E-state index contributed by atoms with van der Waals surface area (Å²) in [7, 11) is 0. The number of thiazole rings is 1. The maximum atomic E-state index is 12.3. The lowest BCUT2D eigenvalue weighted by Gasteiger charge is -2.21. The van der Waals surface area contributed by atoms with Crippen LogP contribution in [0.2, 0.25) is 0 Å². The minimum absolute atomic E-state index is 0.0787. The Hall–Kier alpha value is -1.95. The van der Waals surface area contributed by atoms with Gasteiger partial charge in [0, 0.05) is 49.6 Å². The number of pyridine rings is 1. The lowest BCUT2D eigenvalue weighted by Crippen LogP contribution is -2.33. The Morgan fingerprint density at radius 1 is 1.14 bits per heavy atom. The largest absolute Gasteiger partial charge is 0.356 e. The van der Waals surface area contributed by atoms with Crippen molar-refractivity contribution in [2.24, 2.45) is 11.8 Å². The van der Waals surface area contributed by atoms with Crippen molar-refractivity contribution in [3.05, 3.63) is 41.0 Å². The molecule has 0 unspecified atom stereocenters. The number of carbonyl (C=O) groups excluding carboxylic acids is 1. The molecule has 4 heterocycles. The van der Waals surface area contributed by atoms with E-state index < -0.39 is 0 Å². The summed E-state index contributed by atoms with van der Waals surface area (Å²) in [5, 5.41) is 1.83. The van der Waals surface area contributed by atoms with E-state index in [1.54, 1.807) is 5.51 Å². The first-order valence-corrected chi connectivity index (χ1v) is 8.09. The third kappa shape index (κ3) is 2.29. The number of rotatable bonds is 2. The van der Waals surface area contributed by atoms with Gasteiger partial charge in [0.15, 0.2) is 0 Å². The highest BCUT2D eigenvalue weighted by molar-refractivity contribution is 7.07. The van der Waals surface area contributed by atoms with Crippen molar-refractivity contribution in [3.8, 4) is 0 Å². The maximum absolute atomic E-state index is 12.3. The summed E-state index contributed by atoms with van der Waals surface area (Å²) in [5.41, 5.74) is 2.30. The SMILES string of the molecule is O=C(c1cscn1)N1C[C@@H]2CN(c3ccccn3)C[C@@H]2C1.